The number of ether oxygens (including phenoxy) is 2. The molecule has 3 amide bonds. The second kappa shape index (κ2) is 12.6. The molecule has 16 heteroatoms. The summed E-state index contributed by atoms with van der Waals surface area (Å²) in [6, 6.07) is 13.4. The largest absolute Gasteiger partial charge is 0.493 e. The van der Waals surface area contributed by atoms with Crippen LogP contribution in [0.4, 0.5) is 24.5 Å². The lowest BCUT2D eigenvalue weighted by atomic mass is 9.83. The van der Waals surface area contributed by atoms with Crippen molar-refractivity contribution in [3.05, 3.63) is 96.4 Å². The number of nitrogens with zero attached hydrogens (tertiary/aromatic N) is 2. The average Bonchev–Trinajstić information content (AvgIpc) is 3.48. The van der Waals surface area contributed by atoms with E-state index in [4.69, 9.17) is 32.7 Å². The minimum absolute atomic E-state index is 0.212. The van der Waals surface area contributed by atoms with Crippen molar-refractivity contribution in [2.45, 2.75) is 28.9 Å². The molecule has 47 heavy (non-hydrogen) atoms. The van der Waals surface area contributed by atoms with Gasteiger partial charge in [0.2, 0.25) is 17.7 Å². The maximum Gasteiger partial charge on any atom is 0.416 e. The molecule has 1 aromatic heterocycles. The van der Waals surface area contributed by atoms with Crippen LogP contribution in [0.1, 0.15) is 21.9 Å². The molecule has 0 radical (unpaired) electrons. The number of aromatic nitrogens is 1. The molecule has 3 heterocycles. The summed E-state index contributed by atoms with van der Waals surface area (Å²) in [5.41, 5.74) is -0.404. The van der Waals surface area contributed by atoms with E-state index in [1.165, 1.54) is 43.1 Å². The first-order valence-corrected chi connectivity index (χ1v) is 16.2. The molecular formula is C31H22Cl2F3N3O6S2. The van der Waals surface area contributed by atoms with E-state index in [1.54, 1.807) is 18.2 Å². The Morgan fingerprint density at radius 1 is 0.936 bits per heavy atom. The second-order valence-corrected chi connectivity index (χ2v) is 13.5. The van der Waals surface area contributed by atoms with Gasteiger partial charge in [-0.05, 0) is 54.1 Å². The standard InChI is InChI=1S/C31H22Cl2F3N3O6S2/c1-44-20-9-6-14(10-21(20)45-2)23-24-25(28(42)39(27(24)41)17-5-3-4-15(11-17)31(34,35)36)46-29-26(23)47-30(43)38(29)13-22(40)37-16-7-8-18(32)19(33)12-16/h3-12,23-25H,13H2,1-2H3,(H,37,40). The van der Waals surface area contributed by atoms with Gasteiger partial charge in [0.05, 0.1) is 46.5 Å². The summed E-state index contributed by atoms with van der Waals surface area (Å²) in [6.45, 7) is -0.437. The Morgan fingerprint density at radius 3 is 2.36 bits per heavy atom. The van der Waals surface area contributed by atoms with Gasteiger partial charge < -0.3 is 14.8 Å². The summed E-state index contributed by atoms with van der Waals surface area (Å²) < 4.78 is 52.7. The monoisotopic (exact) mass is 723 g/mol. The minimum atomic E-state index is -4.70. The first-order chi connectivity index (χ1) is 22.3. The van der Waals surface area contributed by atoms with Crippen LogP contribution in [-0.4, -0.2) is 41.8 Å². The van der Waals surface area contributed by atoms with E-state index in [0.717, 1.165) is 46.2 Å². The van der Waals surface area contributed by atoms with Crippen molar-refractivity contribution in [2.24, 2.45) is 5.92 Å². The normalized spacial score (nSPS) is 19.0. The Labute approximate surface area is 283 Å². The van der Waals surface area contributed by atoms with E-state index >= 15 is 0 Å². The number of alkyl halides is 3. The number of anilines is 2. The zero-order valence-electron chi connectivity index (χ0n) is 24.3. The highest BCUT2D eigenvalue weighted by atomic mass is 35.5. The number of methoxy groups -OCH3 is 2. The average molecular weight is 725 g/mol. The fourth-order valence-corrected chi connectivity index (χ4v) is 8.73. The fraction of sp³-hybridized carbons (Fsp3) is 0.226. The van der Waals surface area contributed by atoms with E-state index in [-0.39, 0.29) is 20.8 Å². The van der Waals surface area contributed by atoms with Crippen LogP contribution < -0.4 is 24.6 Å². The van der Waals surface area contributed by atoms with E-state index in [0.29, 0.717) is 27.6 Å². The Kier molecular flexibility index (Phi) is 8.81. The zero-order valence-corrected chi connectivity index (χ0v) is 27.4. The number of thioether (sulfide) groups is 1. The molecule has 3 unspecified atom stereocenters. The zero-order chi connectivity index (χ0) is 33.8. The third-order valence-electron chi connectivity index (χ3n) is 7.75. The molecule has 3 aromatic carbocycles. The van der Waals surface area contributed by atoms with Crippen LogP contribution in [0.5, 0.6) is 11.5 Å². The number of hydrogen-bond donors (Lipinski definition) is 1. The lowest BCUT2D eigenvalue weighted by Gasteiger charge is -2.31. The summed E-state index contributed by atoms with van der Waals surface area (Å²) in [4.78, 5) is 55.2. The summed E-state index contributed by atoms with van der Waals surface area (Å²) in [5, 5.41) is 2.33. The highest BCUT2D eigenvalue weighted by molar-refractivity contribution is 8.00. The van der Waals surface area contributed by atoms with E-state index in [9.17, 15) is 32.3 Å². The van der Waals surface area contributed by atoms with Crippen LogP contribution >= 0.6 is 46.3 Å². The molecule has 2 aliphatic rings. The maximum atomic E-state index is 14.1. The van der Waals surface area contributed by atoms with E-state index < -0.39 is 58.0 Å². The number of fused-ring (bicyclic) bond motifs is 2. The molecule has 1 saturated heterocycles. The molecule has 0 spiro atoms. The molecular weight excluding hydrogens is 702 g/mol. The van der Waals surface area contributed by atoms with Crippen LogP contribution in [0, 0.1) is 5.92 Å². The number of imide groups is 1. The summed E-state index contributed by atoms with van der Waals surface area (Å²) in [5.74, 6) is -3.31. The van der Waals surface area contributed by atoms with Gasteiger partial charge in [0, 0.05) is 16.5 Å². The van der Waals surface area contributed by atoms with Crippen molar-refractivity contribution in [3.8, 4) is 11.5 Å². The Balaban J connectivity index is 1.43. The van der Waals surface area contributed by atoms with Gasteiger partial charge in [-0.3, -0.25) is 23.7 Å². The highest BCUT2D eigenvalue weighted by Crippen LogP contribution is 2.54. The molecule has 3 atom stereocenters. The van der Waals surface area contributed by atoms with E-state index in [1.807, 2.05) is 0 Å². The third kappa shape index (κ3) is 5.99. The molecule has 1 fully saturated rings. The number of amides is 3. The van der Waals surface area contributed by atoms with E-state index in [2.05, 4.69) is 5.32 Å². The van der Waals surface area contributed by atoms with Crippen LogP contribution in [0.15, 0.2) is 70.5 Å². The second-order valence-electron chi connectivity index (χ2n) is 10.5. The van der Waals surface area contributed by atoms with Crippen LogP contribution in [0.2, 0.25) is 10.0 Å². The summed E-state index contributed by atoms with van der Waals surface area (Å²) >= 11 is 13.8. The van der Waals surface area contributed by atoms with Crippen LogP contribution in [-0.2, 0) is 27.1 Å². The maximum absolute atomic E-state index is 14.1. The quantitative estimate of drug-likeness (QED) is 0.212. The number of rotatable bonds is 7. The van der Waals surface area contributed by atoms with Crippen LogP contribution in [0.3, 0.4) is 0 Å². The first-order valence-electron chi connectivity index (χ1n) is 13.7. The van der Waals surface area contributed by atoms with Crippen molar-refractivity contribution < 1.29 is 37.0 Å². The molecule has 2 aliphatic heterocycles. The number of carbonyl (C=O) groups is 3. The lowest BCUT2D eigenvalue weighted by Crippen LogP contribution is -2.33. The van der Waals surface area contributed by atoms with Gasteiger partial charge in [0.1, 0.15) is 11.8 Å². The summed E-state index contributed by atoms with van der Waals surface area (Å²) in [7, 11) is 2.87. The molecule has 9 nitrogen and oxygen atoms in total. The summed E-state index contributed by atoms with van der Waals surface area (Å²) in [6.07, 6.45) is -4.70. The first kappa shape index (κ1) is 32.9. The topological polar surface area (TPSA) is 107 Å². The van der Waals surface area contributed by atoms with Gasteiger partial charge >= 0.3 is 11.0 Å². The highest BCUT2D eigenvalue weighted by Gasteiger charge is 2.57. The molecule has 0 aliphatic carbocycles. The Morgan fingerprint density at radius 2 is 1.68 bits per heavy atom. The Hall–Kier alpha value is -3.98. The molecule has 1 N–H and O–H groups in total. The number of hydrogen-bond acceptors (Lipinski definition) is 8. The van der Waals surface area contributed by atoms with Gasteiger partial charge in [-0.2, -0.15) is 13.2 Å². The number of benzene rings is 3. The number of halogens is 5. The predicted octanol–water partition coefficient (Wildman–Crippen LogP) is 6.69. The van der Waals surface area contributed by atoms with Gasteiger partial charge in [0.25, 0.3) is 0 Å². The van der Waals surface area contributed by atoms with Crippen LogP contribution in [0.25, 0.3) is 0 Å². The molecule has 0 bridgehead atoms. The molecule has 6 rings (SSSR count). The SMILES string of the molecule is COc1ccc(C2c3sc(=O)n(CC(=O)Nc4ccc(Cl)c(Cl)c4)c3SC3C(=O)N(c4cccc(C(F)(F)F)c4)C(=O)C32)cc1OC. The molecule has 4 aromatic rings. The predicted molar refractivity (Wildman–Crippen MR) is 172 cm³/mol. The lowest BCUT2D eigenvalue weighted by molar-refractivity contribution is -0.137. The van der Waals surface area contributed by atoms with Crippen molar-refractivity contribution >= 4 is 75.4 Å². The van der Waals surface area contributed by atoms with Crippen molar-refractivity contribution in [1.82, 2.24) is 4.57 Å². The fourth-order valence-electron chi connectivity index (χ4n) is 5.65. The van der Waals surface area contributed by atoms with Gasteiger partial charge in [-0.25, -0.2) is 4.90 Å². The number of carbonyl (C=O) groups excluding carboxylic acids is 3. The number of nitrogens with one attached hydrogen (secondary N) is 1. The number of thiazole rings is 1. The smallest absolute Gasteiger partial charge is 0.416 e. The van der Waals surface area contributed by atoms with Crippen molar-refractivity contribution in [3.63, 3.8) is 0 Å². The minimum Gasteiger partial charge on any atom is -0.493 e. The van der Waals surface area contributed by atoms with Gasteiger partial charge in [-0.15, -0.1) is 0 Å². The van der Waals surface area contributed by atoms with Gasteiger partial charge in [-0.1, -0.05) is 58.4 Å². The van der Waals surface area contributed by atoms with Crippen molar-refractivity contribution in [1.29, 1.82) is 0 Å². The molecule has 244 valence electrons. The Bertz CT molecular complexity index is 2000. The molecule has 0 saturated carbocycles. The van der Waals surface area contributed by atoms with Crippen molar-refractivity contribution in [2.75, 3.05) is 24.4 Å². The third-order valence-corrected chi connectivity index (χ3v) is 11.1. The van der Waals surface area contributed by atoms with Gasteiger partial charge in [0.15, 0.2) is 11.5 Å².